The Kier molecular flexibility index (Phi) is 4.36. The van der Waals surface area contributed by atoms with Gasteiger partial charge in [-0.1, -0.05) is 11.6 Å². The highest BCUT2D eigenvalue weighted by Crippen LogP contribution is 2.24. The summed E-state index contributed by atoms with van der Waals surface area (Å²) >= 11 is 10.8. The summed E-state index contributed by atoms with van der Waals surface area (Å²) in [5, 5.41) is 15.2. The van der Waals surface area contributed by atoms with Crippen LogP contribution >= 0.6 is 23.8 Å². The monoisotopic (exact) mass is 314 g/mol. The Balaban J connectivity index is 2.06. The standard InChI is InChI=1S/C13H9ClF2N2OS/c14-7-1-3-8(4-2-7)17-13(20)18-9-5-10(15)12(19)11(16)6-9/h1-6,19H,(H2,17,18,20). The summed E-state index contributed by atoms with van der Waals surface area (Å²) in [4.78, 5) is 0. The van der Waals surface area contributed by atoms with Gasteiger partial charge in [0.1, 0.15) is 0 Å². The SMILES string of the molecule is Oc1c(F)cc(NC(=S)Nc2ccc(Cl)cc2)cc1F. The van der Waals surface area contributed by atoms with E-state index in [1.165, 1.54) is 0 Å². The molecule has 0 saturated carbocycles. The fourth-order valence-corrected chi connectivity index (χ4v) is 1.83. The lowest BCUT2D eigenvalue weighted by molar-refractivity contribution is 0.397. The Labute approximate surface area is 124 Å². The van der Waals surface area contributed by atoms with E-state index in [0.29, 0.717) is 10.7 Å². The maximum absolute atomic E-state index is 13.2. The van der Waals surface area contributed by atoms with Crippen LogP contribution in [0.3, 0.4) is 0 Å². The van der Waals surface area contributed by atoms with E-state index >= 15 is 0 Å². The van der Waals surface area contributed by atoms with Crippen LogP contribution in [0.4, 0.5) is 20.2 Å². The van der Waals surface area contributed by atoms with Gasteiger partial charge in [0.25, 0.3) is 0 Å². The van der Waals surface area contributed by atoms with E-state index in [4.69, 9.17) is 28.9 Å². The Morgan fingerprint density at radius 2 is 1.50 bits per heavy atom. The smallest absolute Gasteiger partial charge is 0.187 e. The molecule has 0 aliphatic heterocycles. The van der Waals surface area contributed by atoms with Gasteiger partial charge in [0.2, 0.25) is 0 Å². The van der Waals surface area contributed by atoms with Crippen LogP contribution in [-0.4, -0.2) is 10.2 Å². The maximum Gasteiger partial charge on any atom is 0.187 e. The summed E-state index contributed by atoms with van der Waals surface area (Å²) < 4.78 is 26.3. The Morgan fingerprint density at radius 3 is 2.05 bits per heavy atom. The predicted molar refractivity (Wildman–Crippen MR) is 79.3 cm³/mol. The number of hydrogen-bond acceptors (Lipinski definition) is 2. The normalized spacial score (nSPS) is 10.2. The lowest BCUT2D eigenvalue weighted by Gasteiger charge is -2.11. The summed E-state index contributed by atoms with van der Waals surface area (Å²) in [5.41, 5.74) is 0.760. The van der Waals surface area contributed by atoms with Gasteiger partial charge in [-0.25, -0.2) is 8.78 Å². The molecule has 20 heavy (non-hydrogen) atoms. The van der Waals surface area contributed by atoms with Crippen molar-refractivity contribution in [3.63, 3.8) is 0 Å². The average Bonchev–Trinajstić information content (AvgIpc) is 2.38. The number of anilines is 2. The van der Waals surface area contributed by atoms with E-state index in [1.807, 2.05) is 0 Å². The van der Waals surface area contributed by atoms with Crippen LogP contribution in [0.1, 0.15) is 0 Å². The van der Waals surface area contributed by atoms with Crippen molar-refractivity contribution in [1.82, 2.24) is 0 Å². The summed E-state index contributed by atoms with van der Waals surface area (Å²) in [6.07, 6.45) is 0. The van der Waals surface area contributed by atoms with E-state index in [-0.39, 0.29) is 10.8 Å². The molecule has 0 amide bonds. The van der Waals surface area contributed by atoms with Gasteiger partial charge in [-0.3, -0.25) is 0 Å². The molecule has 0 aromatic heterocycles. The third-order valence-corrected chi connectivity index (χ3v) is 2.83. The van der Waals surface area contributed by atoms with Crippen molar-refractivity contribution in [3.8, 4) is 5.75 Å². The largest absolute Gasteiger partial charge is 0.503 e. The van der Waals surface area contributed by atoms with E-state index < -0.39 is 17.4 Å². The summed E-state index contributed by atoms with van der Waals surface area (Å²) in [6.45, 7) is 0. The molecule has 0 bridgehead atoms. The van der Waals surface area contributed by atoms with Crippen LogP contribution in [0, 0.1) is 11.6 Å². The molecule has 2 aromatic rings. The van der Waals surface area contributed by atoms with Gasteiger partial charge in [-0.05, 0) is 36.5 Å². The zero-order chi connectivity index (χ0) is 14.7. The van der Waals surface area contributed by atoms with E-state index in [9.17, 15) is 8.78 Å². The fourth-order valence-electron chi connectivity index (χ4n) is 1.46. The number of aromatic hydroxyl groups is 1. The zero-order valence-corrected chi connectivity index (χ0v) is 11.5. The second-order valence-corrected chi connectivity index (χ2v) is 4.72. The molecule has 0 heterocycles. The number of halogens is 3. The number of benzene rings is 2. The molecule has 0 fully saturated rings. The number of hydrogen-bond donors (Lipinski definition) is 3. The zero-order valence-electron chi connectivity index (χ0n) is 9.95. The third kappa shape index (κ3) is 3.55. The predicted octanol–water partition coefficient (Wildman–Crippen LogP) is 4.13. The van der Waals surface area contributed by atoms with Gasteiger partial charge in [-0.2, -0.15) is 0 Å². The summed E-state index contributed by atoms with van der Waals surface area (Å²) in [7, 11) is 0. The minimum Gasteiger partial charge on any atom is -0.503 e. The Bertz CT molecular complexity index is 626. The molecule has 0 aliphatic carbocycles. The molecule has 104 valence electrons. The Hall–Kier alpha value is -1.92. The highest BCUT2D eigenvalue weighted by Gasteiger charge is 2.10. The van der Waals surface area contributed by atoms with Crippen LogP contribution in [-0.2, 0) is 0 Å². The fraction of sp³-hybridized carbons (Fsp3) is 0. The van der Waals surface area contributed by atoms with Crippen molar-refractivity contribution >= 4 is 40.3 Å². The van der Waals surface area contributed by atoms with Gasteiger partial charge in [0, 0.05) is 28.5 Å². The number of nitrogens with one attached hydrogen (secondary N) is 2. The first-order valence-electron chi connectivity index (χ1n) is 5.47. The lowest BCUT2D eigenvalue weighted by Crippen LogP contribution is -2.19. The highest BCUT2D eigenvalue weighted by molar-refractivity contribution is 7.80. The topological polar surface area (TPSA) is 44.3 Å². The molecular formula is C13H9ClF2N2OS. The molecule has 2 aromatic carbocycles. The van der Waals surface area contributed by atoms with E-state index in [2.05, 4.69) is 10.6 Å². The first-order chi connectivity index (χ1) is 9.45. The van der Waals surface area contributed by atoms with Crippen molar-refractivity contribution in [2.45, 2.75) is 0 Å². The third-order valence-electron chi connectivity index (χ3n) is 2.38. The van der Waals surface area contributed by atoms with Gasteiger partial charge in [0.05, 0.1) is 0 Å². The summed E-state index contributed by atoms with van der Waals surface area (Å²) in [5.74, 6) is -3.16. The van der Waals surface area contributed by atoms with Gasteiger partial charge < -0.3 is 15.7 Å². The van der Waals surface area contributed by atoms with Crippen LogP contribution < -0.4 is 10.6 Å². The molecular weight excluding hydrogens is 306 g/mol. The molecule has 2 rings (SSSR count). The Morgan fingerprint density at radius 1 is 1.00 bits per heavy atom. The molecule has 7 heteroatoms. The minimum absolute atomic E-state index is 0.0873. The van der Waals surface area contributed by atoms with Crippen molar-refractivity contribution in [1.29, 1.82) is 0 Å². The van der Waals surface area contributed by atoms with Gasteiger partial charge in [0.15, 0.2) is 22.5 Å². The molecule has 0 saturated heterocycles. The van der Waals surface area contributed by atoms with Crippen molar-refractivity contribution in [3.05, 3.63) is 53.1 Å². The number of rotatable bonds is 2. The number of thiocarbonyl (C=S) groups is 1. The molecule has 0 radical (unpaired) electrons. The first-order valence-corrected chi connectivity index (χ1v) is 6.26. The lowest BCUT2D eigenvalue weighted by atomic mass is 10.2. The quantitative estimate of drug-likeness (QED) is 0.576. The number of phenolic OH excluding ortho intramolecular Hbond substituents is 1. The molecule has 3 nitrogen and oxygen atoms in total. The molecule has 0 aliphatic rings. The maximum atomic E-state index is 13.2. The van der Waals surface area contributed by atoms with Crippen LogP contribution in [0.5, 0.6) is 5.75 Å². The second kappa shape index (κ2) is 6.02. The molecule has 3 N–H and O–H groups in total. The molecule has 0 atom stereocenters. The van der Waals surface area contributed by atoms with Crippen LogP contribution in [0.2, 0.25) is 5.02 Å². The highest BCUT2D eigenvalue weighted by atomic mass is 35.5. The van der Waals surface area contributed by atoms with Crippen LogP contribution in [0.15, 0.2) is 36.4 Å². The van der Waals surface area contributed by atoms with Gasteiger partial charge in [-0.15, -0.1) is 0 Å². The average molecular weight is 315 g/mol. The minimum atomic E-state index is -1.07. The van der Waals surface area contributed by atoms with Crippen molar-refractivity contribution < 1.29 is 13.9 Å². The molecule has 0 spiro atoms. The molecule has 0 unspecified atom stereocenters. The van der Waals surface area contributed by atoms with Crippen molar-refractivity contribution in [2.24, 2.45) is 0 Å². The van der Waals surface area contributed by atoms with Crippen LogP contribution in [0.25, 0.3) is 0 Å². The number of phenols is 1. The first kappa shape index (κ1) is 14.5. The summed E-state index contributed by atoms with van der Waals surface area (Å²) in [6, 6.07) is 8.63. The van der Waals surface area contributed by atoms with E-state index in [1.54, 1.807) is 24.3 Å². The van der Waals surface area contributed by atoms with Gasteiger partial charge >= 0.3 is 0 Å². The van der Waals surface area contributed by atoms with E-state index in [0.717, 1.165) is 12.1 Å². The van der Waals surface area contributed by atoms with Crippen molar-refractivity contribution in [2.75, 3.05) is 10.6 Å². The second-order valence-electron chi connectivity index (χ2n) is 3.87.